The van der Waals surface area contributed by atoms with E-state index in [0.29, 0.717) is 12.2 Å². The molecule has 0 aliphatic heterocycles. The van der Waals surface area contributed by atoms with Crippen molar-refractivity contribution in [2.24, 2.45) is 17.8 Å². The van der Waals surface area contributed by atoms with Gasteiger partial charge >= 0.3 is 0 Å². The van der Waals surface area contributed by atoms with E-state index in [1.165, 1.54) is 12.8 Å². The standard InChI is InChI=1S/C11H18O2/c1-3-8(2)10(11(13)7-12)6-9-4-5-9/h7-10H,3-6H2,1-2H3. The zero-order valence-electron chi connectivity index (χ0n) is 8.45. The number of carbonyl (C=O) groups is 2. The van der Waals surface area contributed by atoms with E-state index in [2.05, 4.69) is 13.8 Å². The van der Waals surface area contributed by atoms with Gasteiger partial charge in [0.1, 0.15) is 0 Å². The summed E-state index contributed by atoms with van der Waals surface area (Å²) in [6.07, 6.45) is 4.92. The van der Waals surface area contributed by atoms with E-state index >= 15 is 0 Å². The largest absolute Gasteiger partial charge is 0.295 e. The summed E-state index contributed by atoms with van der Waals surface area (Å²) < 4.78 is 0. The fourth-order valence-corrected chi connectivity index (χ4v) is 1.71. The Balaban J connectivity index is 2.50. The second-order valence-corrected chi connectivity index (χ2v) is 4.19. The summed E-state index contributed by atoms with van der Waals surface area (Å²) >= 11 is 0. The highest BCUT2D eigenvalue weighted by Gasteiger charge is 2.31. The van der Waals surface area contributed by atoms with Crippen LogP contribution in [0.1, 0.15) is 39.5 Å². The van der Waals surface area contributed by atoms with Gasteiger partial charge in [0, 0.05) is 5.92 Å². The molecule has 1 saturated carbocycles. The predicted octanol–water partition coefficient (Wildman–Crippen LogP) is 2.22. The lowest BCUT2D eigenvalue weighted by atomic mass is 9.84. The summed E-state index contributed by atoms with van der Waals surface area (Å²) in [4.78, 5) is 21.7. The number of hydrogen-bond acceptors (Lipinski definition) is 2. The van der Waals surface area contributed by atoms with Crippen molar-refractivity contribution >= 4 is 12.1 Å². The number of rotatable bonds is 6. The SMILES string of the molecule is CCC(C)C(CC1CC1)C(=O)C=O. The van der Waals surface area contributed by atoms with Crippen molar-refractivity contribution in [1.82, 2.24) is 0 Å². The van der Waals surface area contributed by atoms with Crippen LogP contribution >= 0.6 is 0 Å². The third kappa shape index (κ3) is 2.94. The molecule has 13 heavy (non-hydrogen) atoms. The Hall–Kier alpha value is -0.660. The van der Waals surface area contributed by atoms with Gasteiger partial charge in [0.05, 0.1) is 0 Å². The quantitative estimate of drug-likeness (QED) is 0.466. The van der Waals surface area contributed by atoms with Crippen molar-refractivity contribution in [3.8, 4) is 0 Å². The van der Waals surface area contributed by atoms with Crippen molar-refractivity contribution in [3.63, 3.8) is 0 Å². The summed E-state index contributed by atoms with van der Waals surface area (Å²) in [5, 5.41) is 0. The molecule has 1 aliphatic rings. The second kappa shape index (κ2) is 4.54. The van der Waals surface area contributed by atoms with Crippen LogP contribution in [0.5, 0.6) is 0 Å². The Kier molecular flexibility index (Phi) is 3.64. The van der Waals surface area contributed by atoms with Crippen LogP contribution in [0.25, 0.3) is 0 Å². The van der Waals surface area contributed by atoms with Crippen LogP contribution in [-0.4, -0.2) is 12.1 Å². The number of carbonyl (C=O) groups excluding carboxylic acids is 2. The molecule has 1 aliphatic carbocycles. The van der Waals surface area contributed by atoms with Crippen LogP contribution < -0.4 is 0 Å². The van der Waals surface area contributed by atoms with Crippen LogP contribution in [-0.2, 0) is 9.59 Å². The summed E-state index contributed by atoms with van der Waals surface area (Å²) in [6, 6.07) is 0. The Morgan fingerprint density at radius 3 is 2.54 bits per heavy atom. The first-order chi connectivity index (χ1) is 6.19. The van der Waals surface area contributed by atoms with Crippen LogP contribution in [0.4, 0.5) is 0 Å². The Bertz CT molecular complexity index is 194. The molecule has 0 N–H and O–H groups in total. The van der Waals surface area contributed by atoms with Gasteiger partial charge < -0.3 is 0 Å². The molecule has 2 atom stereocenters. The summed E-state index contributed by atoms with van der Waals surface area (Å²) in [5.41, 5.74) is 0. The number of Topliss-reactive ketones (excluding diaryl/α,β-unsaturated/α-hetero) is 1. The lowest BCUT2D eigenvalue weighted by Crippen LogP contribution is -2.23. The molecule has 1 rings (SSSR count). The Labute approximate surface area is 79.7 Å². The van der Waals surface area contributed by atoms with Gasteiger partial charge in [0.25, 0.3) is 0 Å². The lowest BCUT2D eigenvalue weighted by molar-refractivity contribution is -0.133. The molecule has 0 spiro atoms. The first-order valence-electron chi connectivity index (χ1n) is 5.18. The maximum absolute atomic E-state index is 11.3. The molecule has 0 heterocycles. The minimum atomic E-state index is -0.193. The molecule has 0 amide bonds. The highest BCUT2D eigenvalue weighted by Crippen LogP contribution is 2.38. The fourth-order valence-electron chi connectivity index (χ4n) is 1.71. The maximum atomic E-state index is 11.3. The molecule has 2 heteroatoms. The third-order valence-corrected chi connectivity index (χ3v) is 3.10. The first kappa shape index (κ1) is 10.4. The molecular formula is C11H18O2. The Morgan fingerprint density at radius 2 is 2.15 bits per heavy atom. The van der Waals surface area contributed by atoms with Gasteiger partial charge in [-0.15, -0.1) is 0 Å². The normalized spacial score (nSPS) is 20.8. The molecule has 0 radical (unpaired) electrons. The Morgan fingerprint density at radius 1 is 1.54 bits per heavy atom. The molecule has 1 fully saturated rings. The minimum absolute atomic E-state index is 0.00463. The van der Waals surface area contributed by atoms with Crippen molar-refractivity contribution < 1.29 is 9.59 Å². The molecular weight excluding hydrogens is 164 g/mol. The van der Waals surface area contributed by atoms with Crippen LogP contribution in [0, 0.1) is 17.8 Å². The van der Waals surface area contributed by atoms with Crippen LogP contribution in [0.2, 0.25) is 0 Å². The van der Waals surface area contributed by atoms with Gasteiger partial charge in [-0.2, -0.15) is 0 Å². The number of hydrogen-bond donors (Lipinski definition) is 0. The van der Waals surface area contributed by atoms with E-state index < -0.39 is 0 Å². The summed E-state index contributed by atoms with van der Waals surface area (Å²) in [6.45, 7) is 4.14. The highest BCUT2D eigenvalue weighted by atomic mass is 16.2. The van der Waals surface area contributed by atoms with E-state index in [1.54, 1.807) is 0 Å². The fraction of sp³-hybridized carbons (Fsp3) is 0.818. The topological polar surface area (TPSA) is 34.1 Å². The molecule has 2 nitrogen and oxygen atoms in total. The molecule has 0 aromatic heterocycles. The first-order valence-corrected chi connectivity index (χ1v) is 5.18. The van der Waals surface area contributed by atoms with E-state index in [1.807, 2.05) is 0 Å². The minimum Gasteiger partial charge on any atom is -0.295 e. The number of aldehydes is 1. The van der Waals surface area contributed by atoms with Gasteiger partial charge in [-0.1, -0.05) is 33.1 Å². The monoisotopic (exact) mass is 182 g/mol. The van der Waals surface area contributed by atoms with Gasteiger partial charge in [0.2, 0.25) is 0 Å². The smallest absolute Gasteiger partial charge is 0.198 e. The zero-order valence-corrected chi connectivity index (χ0v) is 8.45. The van der Waals surface area contributed by atoms with E-state index in [9.17, 15) is 9.59 Å². The molecule has 0 saturated heterocycles. The molecule has 0 aromatic carbocycles. The average Bonchev–Trinajstić information content (AvgIpc) is 2.95. The van der Waals surface area contributed by atoms with Crippen molar-refractivity contribution in [2.45, 2.75) is 39.5 Å². The van der Waals surface area contributed by atoms with E-state index in [4.69, 9.17) is 0 Å². The maximum Gasteiger partial charge on any atom is 0.198 e. The highest BCUT2D eigenvalue weighted by molar-refractivity contribution is 6.26. The molecule has 0 aromatic rings. The predicted molar refractivity (Wildman–Crippen MR) is 51.4 cm³/mol. The van der Waals surface area contributed by atoms with E-state index in [0.717, 1.165) is 18.8 Å². The molecule has 2 unspecified atom stereocenters. The lowest BCUT2D eigenvalue weighted by Gasteiger charge is -2.18. The van der Waals surface area contributed by atoms with Crippen molar-refractivity contribution in [2.75, 3.05) is 0 Å². The van der Waals surface area contributed by atoms with E-state index in [-0.39, 0.29) is 11.7 Å². The zero-order chi connectivity index (χ0) is 9.84. The van der Waals surface area contributed by atoms with Crippen LogP contribution in [0.3, 0.4) is 0 Å². The number of ketones is 1. The van der Waals surface area contributed by atoms with Gasteiger partial charge in [-0.3, -0.25) is 9.59 Å². The second-order valence-electron chi connectivity index (χ2n) is 4.19. The molecule has 74 valence electrons. The van der Waals surface area contributed by atoms with Gasteiger partial charge in [-0.25, -0.2) is 0 Å². The van der Waals surface area contributed by atoms with Crippen LogP contribution in [0.15, 0.2) is 0 Å². The van der Waals surface area contributed by atoms with Crippen molar-refractivity contribution in [3.05, 3.63) is 0 Å². The van der Waals surface area contributed by atoms with Gasteiger partial charge in [-0.05, 0) is 18.3 Å². The molecule has 0 bridgehead atoms. The van der Waals surface area contributed by atoms with Crippen molar-refractivity contribution in [1.29, 1.82) is 0 Å². The summed E-state index contributed by atoms with van der Waals surface area (Å²) in [7, 11) is 0. The average molecular weight is 182 g/mol. The third-order valence-electron chi connectivity index (χ3n) is 3.10. The summed E-state index contributed by atoms with van der Waals surface area (Å²) in [5.74, 6) is 0.887. The van der Waals surface area contributed by atoms with Gasteiger partial charge in [0.15, 0.2) is 12.1 Å².